The van der Waals surface area contributed by atoms with E-state index in [0.29, 0.717) is 39.3 Å². The van der Waals surface area contributed by atoms with Gasteiger partial charge in [0.05, 0.1) is 10.8 Å². The minimum Gasteiger partial charge on any atom is -0.504 e. The molecule has 2 aliphatic heterocycles. The van der Waals surface area contributed by atoms with Gasteiger partial charge >= 0.3 is 11.9 Å². The number of rotatable bonds is 13. The molecule has 0 bridgehead atoms. The van der Waals surface area contributed by atoms with E-state index in [1.165, 1.54) is 34.1 Å². The average molecular weight is 1100 g/mol. The number of benzene rings is 6. The number of esters is 2. The molecule has 4 heterocycles. The molecule has 80 heavy (non-hydrogen) atoms. The minimum atomic E-state index is -2.80. The molecule has 2 aliphatic rings. The van der Waals surface area contributed by atoms with Crippen molar-refractivity contribution in [3.8, 4) is 57.1 Å². The topological polar surface area (TPSA) is 344 Å². The van der Waals surface area contributed by atoms with Gasteiger partial charge in [0.15, 0.2) is 46.7 Å². The summed E-state index contributed by atoms with van der Waals surface area (Å²) in [5.41, 5.74) is -0.476. The second kappa shape index (κ2) is 24.1. The number of para-hydroxylation sites is 2. The number of aromatic hydroxyl groups is 4. The van der Waals surface area contributed by atoms with Crippen molar-refractivity contribution in [2.45, 2.75) is 25.3 Å². The van der Waals surface area contributed by atoms with Crippen molar-refractivity contribution in [2.75, 3.05) is 52.4 Å². The molecule has 2 fully saturated rings. The number of ether oxygens (including phenoxy) is 2. The van der Waals surface area contributed by atoms with Crippen LogP contribution in [0.4, 0.5) is 0 Å². The van der Waals surface area contributed by atoms with E-state index in [1.54, 1.807) is 24.3 Å². The maximum atomic E-state index is 14.3. The number of piperazine rings is 2. The minimum absolute atomic E-state index is 0. The van der Waals surface area contributed by atoms with Gasteiger partial charge in [-0.15, -0.1) is 0 Å². The second-order valence-electron chi connectivity index (χ2n) is 18.8. The first-order chi connectivity index (χ1) is 37.6. The predicted octanol–water partition coefficient (Wildman–Crippen LogP) is 3.56. The van der Waals surface area contributed by atoms with Gasteiger partial charge < -0.3 is 69.7 Å². The summed E-state index contributed by atoms with van der Waals surface area (Å²) in [4.78, 5) is 91.2. The number of phenolic OH excluding ortho intramolecular Hbond substituents is 4. The van der Waals surface area contributed by atoms with E-state index in [4.69, 9.17) is 18.3 Å². The number of hydrogen-bond acceptors (Lipinski definition) is 18. The Kier molecular flexibility index (Phi) is 17.1. The highest BCUT2D eigenvalue weighted by Crippen LogP contribution is 2.43. The van der Waals surface area contributed by atoms with Crippen LogP contribution in [0.5, 0.6) is 34.5 Å². The molecule has 0 saturated carbocycles. The van der Waals surface area contributed by atoms with Crippen LogP contribution in [-0.2, 0) is 22.7 Å². The Morgan fingerprint density at radius 1 is 0.475 bits per heavy atom. The highest BCUT2D eigenvalue weighted by Gasteiger charge is 2.37. The number of aliphatic hydroxyl groups is 2. The fourth-order valence-corrected chi connectivity index (χ4v) is 9.50. The van der Waals surface area contributed by atoms with E-state index in [0.717, 1.165) is 35.4 Å². The summed E-state index contributed by atoms with van der Waals surface area (Å²) in [5, 5.41) is 65.7. The van der Waals surface area contributed by atoms with Crippen LogP contribution in [0.1, 0.15) is 31.8 Å². The molecule has 2 unspecified atom stereocenters. The summed E-state index contributed by atoms with van der Waals surface area (Å²) < 4.78 is 22.6. The Bertz CT molecular complexity index is 3500. The first-order valence-electron chi connectivity index (χ1n) is 24.8. The van der Waals surface area contributed by atoms with Gasteiger partial charge in [0.2, 0.25) is 22.4 Å². The van der Waals surface area contributed by atoms with Crippen molar-refractivity contribution in [3.63, 3.8) is 0 Å². The number of carbonyl (C=O) groups is 4. The third kappa shape index (κ3) is 11.6. The van der Waals surface area contributed by atoms with Crippen LogP contribution < -0.4 is 20.3 Å². The summed E-state index contributed by atoms with van der Waals surface area (Å²) in [6, 6.07) is 35.5. The first-order valence-corrected chi connectivity index (χ1v) is 24.8. The normalized spacial score (nSPS) is 14.6. The van der Waals surface area contributed by atoms with Crippen LogP contribution in [0.2, 0.25) is 0 Å². The Morgan fingerprint density at radius 3 is 1.18 bits per heavy atom. The van der Waals surface area contributed by atoms with E-state index in [2.05, 4.69) is 9.80 Å². The van der Waals surface area contributed by atoms with Gasteiger partial charge in [0.25, 0.3) is 11.8 Å². The third-order valence-corrected chi connectivity index (χ3v) is 13.7. The summed E-state index contributed by atoms with van der Waals surface area (Å²) >= 11 is 0. The summed E-state index contributed by atoms with van der Waals surface area (Å²) in [6.07, 6.45) is -5.59. The lowest BCUT2D eigenvalue weighted by atomic mass is 10.0. The van der Waals surface area contributed by atoms with Gasteiger partial charge in [0.1, 0.15) is 22.3 Å². The maximum Gasteiger partial charge on any atom is 0.343 e. The molecule has 2 atom stereocenters. The molecule has 0 aliphatic carbocycles. The van der Waals surface area contributed by atoms with Gasteiger partial charge in [0, 0.05) is 76.6 Å². The van der Waals surface area contributed by atoms with Crippen LogP contribution in [0.15, 0.2) is 152 Å². The number of hydrogen-bond donors (Lipinski definition) is 6. The van der Waals surface area contributed by atoms with Crippen molar-refractivity contribution in [2.24, 2.45) is 0 Å². The maximum absolute atomic E-state index is 14.3. The fourth-order valence-electron chi connectivity index (χ4n) is 9.50. The third-order valence-electron chi connectivity index (χ3n) is 13.7. The van der Waals surface area contributed by atoms with Crippen LogP contribution >= 0.6 is 0 Å². The standard InChI is InChI=1S/C58H50N4O16.2H2O/c63-39-27-35(53-45(47(65)37-15-7-9-17-41(37)75-53)55(71)61-23-19-59(20-24-61)31-33-11-3-1-4-12-33)29-43(49(39)67)77-57(73)51(69)52(70)58(74)78-44-30-36(28-40(64)50(44)68)54-46(48(66)38-16-8-10-18-42(38)76-54)56(72)62-25-21-60(22-26-62)32-34-13-5-2-6-14-34;;/h1-18,27-30,51-52,63-64,67-70H,19-26,31-32H2;2*1H2. The lowest BCUT2D eigenvalue weighted by Crippen LogP contribution is -2.49. The Balaban J connectivity index is 0.00000420. The molecule has 2 aromatic heterocycles. The smallest absolute Gasteiger partial charge is 0.343 e. The number of aliphatic hydroxyl groups excluding tert-OH is 2. The average Bonchev–Trinajstić information content (AvgIpc) is 3.53. The van der Waals surface area contributed by atoms with Gasteiger partial charge in [-0.05, 0) is 59.7 Å². The molecule has 2 amide bonds. The largest absolute Gasteiger partial charge is 0.504 e. The van der Waals surface area contributed by atoms with Gasteiger partial charge in [-0.2, -0.15) is 0 Å². The Morgan fingerprint density at radius 2 is 0.812 bits per heavy atom. The zero-order valence-electron chi connectivity index (χ0n) is 42.5. The van der Waals surface area contributed by atoms with E-state index < -0.39 is 92.4 Å². The first kappa shape index (κ1) is 56.8. The molecular weight excluding hydrogens is 1040 g/mol. The lowest BCUT2D eigenvalue weighted by molar-refractivity contribution is -0.162. The van der Waals surface area contributed by atoms with Crippen molar-refractivity contribution in [3.05, 3.63) is 176 Å². The van der Waals surface area contributed by atoms with E-state index in [9.17, 15) is 59.4 Å². The Hall–Kier alpha value is -9.42. The summed E-state index contributed by atoms with van der Waals surface area (Å²) in [5.74, 6) is -11.5. The summed E-state index contributed by atoms with van der Waals surface area (Å²) in [6.45, 7) is 4.19. The van der Waals surface area contributed by atoms with Crippen molar-refractivity contribution < 1.29 is 79.1 Å². The van der Waals surface area contributed by atoms with Crippen molar-refractivity contribution in [1.29, 1.82) is 0 Å². The zero-order valence-corrected chi connectivity index (χ0v) is 42.5. The quantitative estimate of drug-likeness (QED) is 0.0546. The summed E-state index contributed by atoms with van der Waals surface area (Å²) in [7, 11) is 0. The highest BCUT2D eigenvalue weighted by molar-refractivity contribution is 6.04. The van der Waals surface area contributed by atoms with Gasteiger partial charge in [-0.25, -0.2) is 9.59 Å². The fraction of sp³-hybridized carbons (Fsp3) is 0.207. The molecule has 414 valence electrons. The number of nitrogens with zero attached hydrogens (tertiary/aromatic N) is 4. The molecule has 8 aromatic rings. The molecule has 6 aromatic carbocycles. The van der Waals surface area contributed by atoms with Crippen LogP contribution in [0.25, 0.3) is 44.6 Å². The molecule has 22 heteroatoms. The lowest BCUT2D eigenvalue weighted by Gasteiger charge is -2.34. The number of amides is 2. The van der Waals surface area contributed by atoms with E-state index >= 15 is 0 Å². The van der Waals surface area contributed by atoms with Crippen LogP contribution in [0.3, 0.4) is 0 Å². The van der Waals surface area contributed by atoms with E-state index in [-0.39, 0.29) is 81.7 Å². The van der Waals surface area contributed by atoms with Crippen LogP contribution in [-0.4, -0.2) is 150 Å². The van der Waals surface area contributed by atoms with Crippen LogP contribution in [0, 0.1) is 0 Å². The van der Waals surface area contributed by atoms with Crippen molar-refractivity contribution >= 4 is 45.7 Å². The molecule has 0 spiro atoms. The van der Waals surface area contributed by atoms with E-state index in [1.807, 2.05) is 60.7 Å². The van der Waals surface area contributed by atoms with Crippen molar-refractivity contribution in [1.82, 2.24) is 19.6 Å². The molecule has 2 saturated heterocycles. The van der Waals surface area contributed by atoms with Gasteiger partial charge in [-0.1, -0.05) is 84.9 Å². The Labute approximate surface area is 453 Å². The molecule has 22 nitrogen and oxygen atoms in total. The molecular formula is C58H54N4O18. The number of fused-ring (bicyclic) bond motifs is 2. The number of phenols is 4. The molecule has 0 radical (unpaired) electrons. The zero-order chi connectivity index (χ0) is 54.8. The van der Waals surface area contributed by atoms with Gasteiger partial charge in [-0.3, -0.25) is 29.0 Å². The molecule has 10 N–H and O–H groups in total. The highest BCUT2D eigenvalue weighted by atomic mass is 16.6. The number of carbonyl (C=O) groups excluding carboxylic acids is 4. The predicted molar refractivity (Wildman–Crippen MR) is 288 cm³/mol. The molecule has 10 rings (SSSR count). The SMILES string of the molecule is O.O.O=C(Oc1cc(-c2oc3ccccc3c(=O)c2C(=O)N2CCN(Cc3ccccc3)CC2)cc(O)c1O)C(O)C(O)C(=O)Oc1cc(-c2oc3ccccc3c(=O)c2C(=O)N2CCN(Cc3ccccc3)CC2)cc(O)c1O. The second-order valence-corrected chi connectivity index (χ2v) is 18.8. The monoisotopic (exact) mass is 1090 g/mol.